The van der Waals surface area contributed by atoms with Crippen LogP contribution in [0.2, 0.25) is 5.02 Å². The first-order valence-electron chi connectivity index (χ1n) is 7.15. The second kappa shape index (κ2) is 5.49. The van der Waals surface area contributed by atoms with Gasteiger partial charge in [0.05, 0.1) is 23.6 Å². The van der Waals surface area contributed by atoms with Crippen LogP contribution in [0.5, 0.6) is 11.5 Å². The van der Waals surface area contributed by atoms with Crippen LogP contribution >= 0.6 is 11.6 Å². The molecule has 0 atom stereocenters. The van der Waals surface area contributed by atoms with Gasteiger partial charge in [0.25, 0.3) is 0 Å². The molecule has 106 valence electrons. The van der Waals surface area contributed by atoms with Gasteiger partial charge in [0.15, 0.2) is 0 Å². The topological polar surface area (TPSA) is 31.4 Å². The molecule has 0 amide bonds. The number of hydrogen-bond donors (Lipinski definition) is 0. The molecule has 0 saturated carbocycles. The van der Waals surface area contributed by atoms with Crippen molar-refractivity contribution < 1.29 is 9.47 Å². The molecule has 0 fully saturated rings. The first kappa shape index (κ1) is 13.5. The van der Waals surface area contributed by atoms with Gasteiger partial charge in [0.1, 0.15) is 17.0 Å². The van der Waals surface area contributed by atoms with Gasteiger partial charge in [-0.25, -0.2) is 4.98 Å². The zero-order chi connectivity index (χ0) is 14.1. The molecule has 0 radical (unpaired) electrons. The molecule has 0 aliphatic heterocycles. The predicted molar refractivity (Wildman–Crippen MR) is 81.1 cm³/mol. The number of nitrogens with zero attached hydrogens (tertiary/aromatic N) is 1. The molecule has 3 nitrogen and oxygen atoms in total. The molecule has 0 N–H and O–H groups in total. The molecule has 0 spiro atoms. The molecule has 1 aliphatic rings. The van der Waals surface area contributed by atoms with Crippen molar-refractivity contribution in [2.75, 3.05) is 13.2 Å². The Balaban J connectivity index is 2.31. The predicted octanol–water partition coefficient (Wildman–Crippen LogP) is 4.17. The largest absolute Gasteiger partial charge is 0.493 e. The number of aryl methyl sites for hydroxylation is 1. The number of halogens is 1. The van der Waals surface area contributed by atoms with E-state index in [0.717, 1.165) is 52.4 Å². The number of ether oxygens (including phenoxy) is 2. The van der Waals surface area contributed by atoms with Crippen LogP contribution in [0.4, 0.5) is 0 Å². The molecule has 0 bridgehead atoms. The highest BCUT2D eigenvalue weighted by atomic mass is 35.5. The van der Waals surface area contributed by atoms with Crippen molar-refractivity contribution >= 4 is 22.5 Å². The van der Waals surface area contributed by atoms with Crippen LogP contribution in [0.25, 0.3) is 10.9 Å². The summed E-state index contributed by atoms with van der Waals surface area (Å²) in [6.45, 7) is 5.16. The molecule has 2 aromatic rings. The van der Waals surface area contributed by atoms with E-state index in [-0.39, 0.29) is 0 Å². The Hall–Kier alpha value is -1.48. The van der Waals surface area contributed by atoms with Crippen LogP contribution in [0.1, 0.15) is 31.5 Å². The van der Waals surface area contributed by atoms with Gasteiger partial charge in [-0.1, -0.05) is 11.6 Å². The number of pyridine rings is 1. The van der Waals surface area contributed by atoms with Crippen LogP contribution in [-0.4, -0.2) is 18.2 Å². The summed E-state index contributed by atoms with van der Waals surface area (Å²) in [5.41, 5.74) is 3.11. The van der Waals surface area contributed by atoms with E-state index in [1.54, 1.807) is 0 Å². The zero-order valence-electron chi connectivity index (χ0n) is 11.8. The SMILES string of the molecule is CCOc1ccc(OCC)c2c(Cl)c3c(nc12)CCC3. The molecule has 0 unspecified atom stereocenters. The molecule has 0 saturated heterocycles. The van der Waals surface area contributed by atoms with Crippen LogP contribution < -0.4 is 9.47 Å². The minimum atomic E-state index is 0.608. The molecular formula is C16H18ClNO2. The number of rotatable bonds is 4. The summed E-state index contributed by atoms with van der Waals surface area (Å²) in [7, 11) is 0. The lowest BCUT2D eigenvalue weighted by Crippen LogP contribution is -2.00. The van der Waals surface area contributed by atoms with Crippen molar-refractivity contribution in [3.8, 4) is 11.5 Å². The average Bonchev–Trinajstić information content (AvgIpc) is 2.90. The van der Waals surface area contributed by atoms with E-state index >= 15 is 0 Å². The molecule has 1 heterocycles. The number of hydrogen-bond acceptors (Lipinski definition) is 3. The van der Waals surface area contributed by atoms with Crippen molar-refractivity contribution in [2.45, 2.75) is 33.1 Å². The van der Waals surface area contributed by atoms with Crippen LogP contribution in [0.3, 0.4) is 0 Å². The zero-order valence-corrected chi connectivity index (χ0v) is 12.6. The summed E-state index contributed by atoms with van der Waals surface area (Å²) >= 11 is 6.62. The van der Waals surface area contributed by atoms with E-state index in [1.807, 2.05) is 26.0 Å². The fraction of sp³-hybridized carbons (Fsp3) is 0.438. The first-order valence-corrected chi connectivity index (χ1v) is 7.53. The van der Waals surface area contributed by atoms with E-state index in [9.17, 15) is 0 Å². The van der Waals surface area contributed by atoms with Gasteiger partial charge in [0, 0.05) is 5.69 Å². The number of aromatic nitrogens is 1. The van der Waals surface area contributed by atoms with E-state index in [2.05, 4.69) is 0 Å². The summed E-state index contributed by atoms with van der Waals surface area (Å²) in [5.74, 6) is 1.57. The van der Waals surface area contributed by atoms with E-state index in [0.29, 0.717) is 13.2 Å². The van der Waals surface area contributed by atoms with Gasteiger partial charge in [-0.05, 0) is 50.8 Å². The van der Waals surface area contributed by atoms with Crippen molar-refractivity contribution in [3.05, 3.63) is 28.4 Å². The summed E-state index contributed by atoms with van der Waals surface area (Å²) < 4.78 is 11.4. The fourth-order valence-electron chi connectivity index (χ4n) is 2.80. The van der Waals surface area contributed by atoms with Gasteiger partial charge in [-0.3, -0.25) is 0 Å². The first-order chi connectivity index (χ1) is 9.76. The van der Waals surface area contributed by atoms with E-state index < -0.39 is 0 Å². The molecule has 3 rings (SSSR count). The fourth-order valence-corrected chi connectivity index (χ4v) is 3.18. The van der Waals surface area contributed by atoms with Gasteiger partial charge < -0.3 is 9.47 Å². The Morgan fingerprint density at radius 2 is 1.80 bits per heavy atom. The smallest absolute Gasteiger partial charge is 0.145 e. The Morgan fingerprint density at radius 1 is 1.10 bits per heavy atom. The van der Waals surface area contributed by atoms with Gasteiger partial charge >= 0.3 is 0 Å². The maximum atomic E-state index is 6.62. The Labute approximate surface area is 123 Å². The lowest BCUT2D eigenvalue weighted by molar-refractivity contribution is 0.336. The van der Waals surface area contributed by atoms with Crippen LogP contribution in [0.15, 0.2) is 12.1 Å². The highest BCUT2D eigenvalue weighted by molar-refractivity contribution is 6.37. The lowest BCUT2D eigenvalue weighted by Gasteiger charge is -2.14. The van der Waals surface area contributed by atoms with Crippen molar-refractivity contribution in [2.24, 2.45) is 0 Å². The molecule has 1 aliphatic carbocycles. The third-order valence-electron chi connectivity index (χ3n) is 3.62. The quantitative estimate of drug-likeness (QED) is 0.847. The summed E-state index contributed by atoms with van der Waals surface area (Å²) in [6.07, 6.45) is 3.11. The molecule has 4 heteroatoms. The summed E-state index contributed by atoms with van der Waals surface area (Å²) in [6, 6.07) is 3.84. The second-order valence-corrected chi connectivity index (χ2v) is 5.23. The van der Waals surface area contributed by atoms with Crippen molar-refractivity contribution in [1.82, 2.24) is 4.98 Å². The molecular weight excluding hydrogens is 274 g/mol. The Morgan fingerprint density at radius 3 is 2.55 bits per heavy atom. The second-order valence-electron chi connectivity index (χ2n) is 4.86. The normalized spacial score (nSPS) is 13.6. The third kappa shape index (κ3) is 2.10. The highest BCUT2D eigenvalue weighted by Gasteiger charge is 2.22. The van der Waals surface area contributed by atoms with Crippen molar-refractivity contribution in [3.63, 3.8) is 0 Å². The van der Waals surface area contributed by atoms with E-state index in [1.165, 1.54) is 5.56 Å². The monoisotopic (exact) mass is 291 g/mol. The van der Waals surface area contributed by atoms with E-state index in [4.69, 9.17) is 26.1 Å². The Bertz CT molecular complexity index is 655. The van der Waals surface area contributed by atoms with Gasteiger partial charge in [0.2, 0.25) is 0 Å². The van der Waals surface area contributed by atoms with Gasteiger partial charge in [-0.15, -0.1) is 0 Å². The average molecular weight is 292 g/mol. The maximum absolute atomic E-state index is 6.62. The molecule has 20 heavy (non-hydrogen) atoms. The standard InChI is InChI=1S/C16H18ClNO2/c1-3-19-12-8-9-13(20-4-2)16-14(12)15(17)10-6-5-7-11(10)18-16/h8-9H,3-7H2,1-2H3. The van der Waals surface area contributed by atoms with Crippen LogP contribution in [0, 0.1) is 0 Å². The highest BCUT2D eigenvalue weighted by Crippen LogP contribution is 2.41. The molecule has 1 aromatic heterocycles. The number of fused-ring (bicyclic) bond motifs is 2. The maximum Gasteiger partial charge on any atom is 0.145 e. The minimum Gasteiger partial charge on any atom is -0.493 e. The summed E-state index contributed by atoms with van der Waals surface area (Å²) in [5, 5.41) is 1.67. The number of benzene rings is 1. The van der Waals surface area contributed by atoms with Crippen molar-refractivity contribution in [1.29, 1.82) is 0 Å². The third-order valence-corrected chi connectivity index (χ3v) is 4.04. The summed E-state index contributed by atoms with van der Waals surface area (Å²) in [4.78, 5) is 4.79. The van der Waals surface area contributed by atoms with Crippen LogP contribution in [-0.2, 0) is 12.8 Å². The Kier molecular flexibility index (Phi) is 3.70. The minimum absolute atomic E-state index is 0.608. The lowest BCUT2D eigenvalue weighted by atomic mass is 10.1. The van der Waals surface area contributed by atoms with Gasteiger partial charge in [-0.2, -0.15) is 0 Å². The molecule has 1 aromatic carbocycles.